The Kier molecular flexibility index (Phi) is 5.99. The van der Waals surface area contributed by atoms with E-state index < -0.39 is 0 Å². The van der Waals surface area contributed by atoms with Crippen molar-refractivity contribution in [3.05, 3.63) is 0 Å². The van der Waals surface area contributed by atoms with Gasteiger partial charge in [0.05, 0.1) is 6.54 Å². The maximum absolute atomic E-state index is 5.35. The van der Waals surface area contributed by atoms with E-state index in [0.29, 0.717) is 0 Å². The van der Waals surface area contributed by atoms with E-state index in [1.165, 1.54) is 65.0 Å². The van der Waals surface area contributed by atoms with Crippen LogP contribution < -0.4 is 0 Å². The second-order valence-corrected chi connectivity index (χ2v) is 5.58. The molecule has 2 saturated heterocycles. The van der Waals surface area contributed by atoms with Gasteiger partial charge in [-0.2, -0.15) is 0 Å². The van der Waals surface area contributed by atoms with Gasteiger partial charge in [-0.3, -0.25) is 4.90 Å². The summed E-state index contributed by atoms with van der Waals surface area (Å²) in [5.41, 5.74) is 0. The molecular formula is C15H27N3. The van der Waals surface area contributed by atoms with Gasteiger partial charge in [0.15, 0.2) is 0 Å². The fourth-order valence-electron chi connectivity index (χ4n) is 3.00. The summed E-state index contributed by atoms with van der Waals surface area (Å²) in [5, 5.41) is 0. The van der Waals surface area contributed by atoms with Crippen LogP contribution in [0, 0.1) is 12.3 Å². The van der Waals surface area contributed by atoms with Gasteiger partial charge in [-0.25, -0.2) is 0 Å². The Morgan fingerprint density at radius 1 is 0.722 bits per heavy atom. The molecule has 0 saturated carbocycles. The van der Waals surface area contributed by atoms with E-state index in [-0.39, 0.29) is 0 Å². The Hall–Kier alpha value is -0.560. The lowest BCUT2D eigenvalue weighted by Crippen LogP contribution is -2.47. The molecule has 2 heterocycles. The van der Waals surface area contributed by atoms with Crippen LogP contribution in [0.3, 0.4) is 0 Å². The number of hydrogen-bond donors (Lipinski definition) is 0. The van der Waals surface area contributed by atoms with Crippen LogP contribution in [0.5, 0.6) is 0 Å². The third-order valence-corrected chi connectivity index (χ3v) is 4.18. The molecule has 102 valence electrons. The lowest BCUT2D eigenvalue weighted by Gasteiger charge is -2.34. The van der Waals surface area contributed by atoms with E-state index in [0.717, 1.165) is 19.6 Å². The summed E-state index contributed by atoms with van der Waals surface area (Å²) < 4.78 is 0. The smallest absolute Gasteiger partial charge is 0.0599 e. The van der Waals surface area contributed by atoms with Crippen molar-refractivity contribution in [3.8, 4) is 12.3 Å². The molecule has 2 aliphatic heterocycles. The van der Waals surface area contributed by atoms with Crippen LogP contribution in [-0.4, -0.2) is 73.6 Å². The second-order valence-electron chi connectivity index (χ2n) is 5.58. The summed E-state index contributed by atoms with van der Waals surface area (Å²) in [4.78, 5) is 7.61. The zero-order chi connectivity index (χ0) is 12.6. The summed E-state index contributed by atoms with van der Waals surface area (Å²) in [5.74, 6) is 2.74. The van der Waals surface area contributed by atoms with Crippen LogP contribution in [-0.2, 0) is 0 Å². The van der Waals surface area contributed by atoms with Crippen LogP contribution in [0.1, 0.15) is 25.7 Å². The average molecular weight is 249 g/mol. The number of rotatable bonds is 5. The molecule has 2 rings (SSSR count). The summed E-state index contributed by atoms with van der Waals surface area (Å²) in [7, 11) is 0. The molecule has 2 fully saturated rings. The molecule has 0 unspecified atom stereocenters. The largest absolute Gasteiger partial charge is 0.303 e. The Morgan fingerprint density at radius 3 is 1.89 bits per heavy atom. The van der Waals surface area contributed by atoms with Gasteiger partial charge in [0.25, 0.3) is 0 Å². The van der Waals surface area contributed by atoms with Gasteiger partial charge in [-0.05, 0) is 45.4 Å². The molecule has 0 aromatic carbocycles. The Bertz CT molecular complexity index is 257. The summed E-state index contributed by atoms with van der Waals surface area (Å²) in [6, 6.07) is 0. The molecule has 0 N–H and O–H groups in total. The van der Waals surface area contributed by atoms with Crippen LogP contribution in [0.4, 0.5) is 0 Å². The SMILES string of the molecule is C#CCN1CCN(CCCN2CCCCC2)CC1. The number of likely N-dealkylation sites (tertiary alicyclic amines) is 1. The Morgan fingerprint density at radius 2 is 1.28 bits per heavy atom. The van der Waals surface area contributed by atoms with Gasteiger partial charge in [0.2, 0.25) is 0 Å². The highest BCUT2D eigenvalue weighted by Crippen LogP contribution is 2.09. The molecule has 0 aromatic heterocycles. The summed E-state index contributed by atoms with van der Waals surface area (Å²) in [6.07, 6.45) is 10.9. The van der Waals surface area contributed by atoms with Crippen molar-refractivity contribution in [1.82, 2.24) is 14.7 Å². The highest BCUT2D eigenvalue weighted by atomic mass is 15.3. The lowest BCUT2D eigenvalue weighted by molar-refractivity contribution is 0.134. The first-order valence-electron chi connectivity index (χ1n) is 7.49. The van der Waals surface area contributed by atoms with Crippen LogP contribution in [0.25, 0.3) is 0 Å². The second kappa shape index (κ2) is 7.78. The van der Waals surface area contributed by atoms with Crippen molar-refractivity contribution in [2.24, 2.45) is 0 Å². The molecule has 0 spiro atoms. The molecule has 0 radical (unpaired) electrons. The van der Waals surface area contributed by atoms with E-state index in [1.54, 1.807) is 0 Å². The van der Waals surface area contributed by atoms with Crippen molar-refractivity contribution in [2.45, 2.75) is 25.7 Å². The van der Waals surface area contributed by atoms with Gasteiger partial charge in [0, 0.05) is 26.2 Å². The van der Waals surface area contributed by atoms with Gasteiger partial charge in [0.1, 0.15) is 0 Å². The molecular weight excluding hydrogens is 222 g/mol. The number of hydrogen-bond acceptors (Lipinski definition) is 3. The minimum absolute atomic E-state index is 0.821. The van der Waals surface area contributed by atoms with E-state index in [1.807, 2.05) is 0 Å². The van der Waals surface area contributed by atoms with Crippen molar-refractivity contribution in [1.29, 1.82) is 0 Å². The Labute approximate surface area is 112 Å². The topological polar surface area (TPSA) is 9.72 Å². The normalized spacial score (nSPS) is 23.9. The maximum atomic E-state index is 5.35. The summed E-state index contributed by atoms with van der Waals surface area (Å²) >= 11 is 0. The molecule has 2 aliphatic rings. The number of nitrogens with zero attached hydrogens (tertiary/aromatic N) is 3. The lowest BCUT2D eigenvalue weighted by atomic mass is 10.1. The van der Waals surface area contributed by atoms with Crippen molar-refractivity contribution in [3.63, 3.8) is 0 Å². The number of piperidine rings is 1. The predicted molar refractivity (Wildman–Crippen MR) is 76.6 cm³/mol. The van der Waals surface area contributed by atoms with Crippen molar-refractivity contribution in [2.75, 3.05) is 58.9 Å². The standard InChI is InChI=1S/C15H27N3/c1-2-7-16-12-14-18(15-13-16)11-6-10-17-8-4-3-5-9-17/h1H,3-15H2. The minimum atomic E-state index is 0.821. The molecule has 0 bridgehead atoms. The molecule has 18 heavy (non-hydrogen) atoms. The fourth-order valence-corrected chi connectivity index (χ4v) is 3.00. The first-order valence-corrected chi connectivity index (χ1v) is 7.49. The maximum Gasteiger partial charge on any atom is 0.0599 e. The van der Waals surface area contributed by atoms with Crippen LogP contribution in [0.2, 0.25) is 0 Å². The van der Waals surface area contributed by atoms with Crippen molar-refractivity contribution < 1.29 is 0 Å². The van der Waals surface area contributed by atoms with Gasteiger partial charge < -0.3 is 9.80 Å². The first-order chi connectivity index (χ1) is 8.88. The van der Waals surface area contributed by atoms with E-state index in [2.05, 4.69) is 20.6 Å². The average Bonchev–Trinajstić information content (AvgIpc) is 2.42. The zero-order valence-corrected chi connectivity index (χ0v) is 11.6. The molecule has 0 amide bonds. The quantitative estimate of drug-likeness (QED) is 0.676. The summed E-state index contributed by atoms with van der Waals surface area (Å²) in [6.45, 7) is 10.7. The van der Waals surface area contributed by atoms with Gasteiger partial charge in [-0.1, -0.05) is 12.3 Å². The van der Waals surface area contributed by atoms with E-state index in [9.17, 15) is 0 Å². The third kappa shape index (κ3) is 4.61. The zero-order valence-electron chi connectivity index (χ0n) is 11.6. The molecule has 3 nitrogen and oxygen atoms in total. The molecule has 0 aliphatic carbocycles. The van der Waals surface area contributed by atoms with Crippen molar-refractivity contribution >= 4 is 0 Å². The van der Waals surface area contributed by atoms with E-state index in [4.69, 9.17) is 6.42 Å². The highest BCUT2D eigenvalue weighted by molar-refractivity contribution is 4.89. The number of piperazine rings is 1. The minimum Gasteiger partial charge on any atom is -0.303 e. The van der Waals surface area contributed by atoms with E-state index >= 15 is 0 Å². The molecule has 0 atom stereocenters. The molecule has 0 aromatic rings. The first kappa shape index (κ1) is 13.9. The van der Waals surface area contributed by atoms with Crippen LogP contribution >= 0.6 is 0 Å². The highest BCUT2D eigenvalue weighted by Gasteiger charge is 2.16. The number of terminal acetylenes is 1. The van der Waals surface area contributed by atoms with Gasteiger partial charge >= 0.3 is 0 Å². The monoisotopic (exact) mass is 249 g/mol. The Balaban J connectivity index is 1.53. The third-order valence-electron chi connectivity index (χ3n) is 4.18. The van der Waals surface area contributed by atoms with Crippen LogP contribution in [0.15, 0.2) is 0 Å². The fraction of sp³-hybridized carbons (Fsp3) is 0.867. The molecule has 3 heteroatoms. The van der Waals surface area contributed by atoms with Gasteiger partial charge in [-0.15, -0.1) is 6.42 Å². The predicted octanol–water partition coefficient (Wildman–Crippen LogP) is 1.11.